The van der Waals surface area contributed by atoms with Crippen molar-refractivity contribution in [3.63, 3.8) is 0 Å². The molecular formula is C21H24N2O6S2. The molecule has 0 radical (unpaired) electrons. The molecule has 0 spiro atoms. The van der Waals surface area contributed by atoms with Gasteiger partial charge < -0.3 is 10.1 Å². The number of sulfone groups is 1. The van der Waals surface area contributed by atoms with Crippen LogP contribution in [-0.4, -0.2) is 59.1 Å². The third kappa shape index (κ3) is 5.59. The zero-order chi connectivity index (χ0) is 22.5. The van der Waals surface area contributed by atoms with Crippen LogP contribution in [0.2, 0.25) is 0 Å². The highest BCUT2D eigenvalue weighted by Gasteiger charge is 2.26. The number of hydrogen-bond donors (Lipinski definition) is 1. The summed E-state index contributed by atoms with van der Waals surface area (Å²) in [5, 5.41) is 2.58. The van der Waals surface area contributed by atoms with Crippen LogP contribution in [0.3, 0.4) is 0 Å². The predicted octanol–water partition coefficient (Wildman–Crippen LogP) is 2.15. The van der Waals surface area contributed by atoms with Gasteiger partial charge in [0.1, 0.15) is 0 Å². The Labute approximate surface area is 182 Å². The maximum Gasteiger partial charge on any atom is 0.248 e. The van der Waals surface area contributed by atoms with Crippen molar-refractivity contribution in [1.82, 2.24) is 4.31 Å². The number of sulfonamides is 1. The fraction of sp³-hybridized carbons (Fsp3) is 0.286. The minimum absolute atomic E-state index is 0.0666. The number of carbonyl (C=O) groups is 1. The van der Waals surface area contributed by atoms with Crippen molar-refractivity contribution in [2.75, 3.05) is 37.4 Å². The maximum absolute atomic E-state index is 12.6. The highest BCUT2D eigenvalue weighted by Crippen LogP contribution is 2.22. The predicted molar refractivity (Wildman–Crippen MR) is 118 cm³/mol. The van der Waals surface area contributed by atoms with Gasteiger partial charge in [-0.15, -0.1) is 0 Å². The Balaban J connectivity index is 1.70. The van der Waals surface area contributed by atoms with E-state index in [1.165, 1.54) is 47.6 Å². The summed E-state index contributed by atoms with van der Waals surface area (Å²) in [6.45, 7) is 2.92. The summed E-state index contributed by atoms with van der Waals surface area (Å²) in [5.41, 5.74) is 0.844. The molecule has 1 fully saturated rings. The second-order valence-electron chi connectivity index (χ2n) is 6.81. The quantitative estimate of drug-likeness (QED) is 0.629. The first-order valence-electron chi connectivity index (χ1n) is 9.73. The molecule has 0 saturated carbocycles. The van der Waals surface area contributed by atoms with Crippen molar-refractivity contribution < 1.29 is 26.4 Å². The molecule has 1 saturated heterocycles. The number of para-hydroxylation sites is 1. The van der Waals surface area contributed by atoms with E-state index in [0.717, 1.165) is 0 Å². The number of rotatable bonds is 7. The number of carbonyl (C=O) groups excluding carboxylic acids is 1. The molecular weight excluding hydrogens is 440 g/mol. The molecule has 2 aromatic rings. The first-order chi connectivity index (χ1) is 14.7. The van der Waals surface area contributed by atoms with E-state index in [2.05, 4.69) is 5.32 Å². The lowest BCUT2D eigenvalue weighted by Crippen LogP contribution is -2.40. The van der Waals surface area contributed by atoms with Crippen LogP contribution < -0.4 is 5.32 Å². The second kappa shape index (κ2) is 9.73. The molecule has 1 aliphatic heterocycles. The van der Waals surface area contributed by atoms with Crippen LogP contribution in [0.15, 0.2) is 64.4 Å². The van der Waals surface area contributed by atoms with Crippen LogP contribution in [0.25, 0.3) is 6.08 Å². The lowest BCUT2D eigenvalue weighted by Gasteiger charge is -2.26. The number of nitrogens with zero attached hydrogens (tertiary/aromatic N) is 1. The second-order valence-corrected chi connectivity index (χ2v) is 11.0. The summed E-state index contributed by atoms with van der Waals surface area (Å²) < 4.78 is 56.2. The van der Waals surface area contributed by atoms with Gasteiger partial charge in [0.25, 0.3) is 0 Å². The van der Waals surface area contributed by atoms with E-state index in [1.807, 2.05) is 0 Å². The molecule has 0 unspecified atom stereocenters. The first-order valence-corrected chi connectivity index (χ1v) is 12.8. The van der Waals surface area contributed by atoms with Crippen molar-refractivity contribution >= 4 is 37.5 Å². The molecule has 0 aliphatic carbocycles. The van der Waals surface area contributed by atoms with Crippen LogP contribution in [0, 0.1) is 0 Å². The lowest BCUT2D eigenvalue weighted by atomic mass is 10.2. The molecule has 0 atom stereocenters. The standard InChI is InChI=1S/C21H24N2O6S2/c1-2-30(25,26)20-6-4-3-5-19(20)22-21(24)12-9-17-7-10-18(11-8-17)31(27,28)23-13-15-29-16-14-23/h3-12H,2,13-16H2,1H3,(H,22,24)/b12-9+. The zero-order valence-corrected chi connectivity index (χ0v) is 18.7. The molecule has 8 nitrogen and oxygen atoms in total. The number of ether oxygens (including phenoxy) is 1. The molecule has 1 aliphatic rings. The maximum atomic E-state index is 12.6. The largest absolute Gasteiger partial charge is 0.379 e. The van der Waals surface area contributed by atoms with Crippen LogP contribution >= 0.6 is 0 Å². The number of hydrogen-bond acceptors (Lipinski definition) is 6. The minimum Gasteiger partial charge on any atom is -0.379 e. The Bertz CT molecular complexity index is 1170. The summed E-state index contributed by atoms with van der Waals surface area (Å²) in [7, 11) is -7.06. The van der Waals surface area contributed by atoms with Gasteiger partial charge in [-0.05, 0) is 35.9 Å². The van der Waals surface area contributed by atoms with Gasteiger partial charge in [0, 0.05) is 19.2 Å². The Kier molecular flexibility index (Phi) is 7.26. The highest BCUT2D eigenvalue weighted by molar-refractivity contribution is 7.91. The van der Waals surface area contributed by atoms with Gasteiger partial charge in [0.15, 0.2) is 9.84 Å². The molecule has 10 heteroatoms. The lowest BCUT2D eigenvalue weighted by molar-refractivity contribution is -0.111. The van der Waals surface area contributed by atoms with E-state index < -0.39 is 25.8 Å². The van der Waals surface area contributed by atoms with E-state index in [1.54, 1.807) is 24.3 Å². The average Bonchev–Trinajstić information content (AvgIpc) is 2.79. The molecule has 0 bridgehead atoms. The SMILES string of the molecule is CCS(=O)(=O)c1ccccc1NC(=O)/C=C/c1ccc(S(=O)(=O)N2CCOCC2)cc1. The Hall–Kier alpha value is -2.53. The van der Waals surface area contributed by atoms with E-state index in [4.69, 9.17) is 4.74 Å². The molecule has 1 N–H and O–H groups in total. The van der Waals surface area contributed by atoms with Gasteiger partial charge in [-0.3, -0.25) is 4.79 Å². The summed E-state index contributed by atoms with van der Waals surface area (Å²) in [6, 6.07) is 12.4. The Morgan fingerprint density at radius 1 is 1.03 bits per heavy atom. The van der Waals surface area contributed by atoms with Crippen molar-refractivity contribution in [3.05, 3.63) is 60.2 Å². The Morgan fingerprint density at radius 2 is 1.68 bits per heavy atom. The number of benzene rings is 2. The van der Waals surface area contributed by atoms with Crippen LogP contribution in [0.1, 0.15) is 12.5 Å². The number of morpholine rings is 1. The van der Waals surface area contributed by atoms with Crippen LogP contribution in [0.5, 0.6) is 0 Å². The van der Waals surface area contributed by atoms with Gasteiger partial charge in [-0.2, -0.15) is 4.31 Å². The van der Waals surface area contributed by atoms with Crippen LogP contribution in [0.4, 0.5) is 5.69 Å². The molecule has 1 heterocycles. The van der Waals surface area contributed by atoms with Crippen molar-refractivity contribution in [2.45, 2.75) is 16.7 Å². The summed E-state index contributed by atoms with van der Waals surface area (Å²) in [4.78, 5) is 12.5. The van der Waals surface area contributed by atoms with Crippen molar-refractivity contribution in [3.8, 4) is 0 Å². The topological polar surface area (TPSA) is 110 Å². The normalized spacial score (nSPS) is 15.8. The third-order valence-electron chi connectivity index (χ3n) is 4.78. The Morgan fingerprint density at radius 3 is 2.32 bits per heavy atom. The summed E-state index contributed by atoms with van der Waals surface area (Å²) >= 11 is 0. The molecule has 166 valence electrons. The fourth-order valence-electron chi connectivity index (χ4n) is 3.03. The van der Waals surface area contributed by atoms with Crippen molar-refractivity contribution in [1.29, 1.82) is 0 Å². The van der Waals surface area contributed by atoms with E-state index in [-0.39, 0.29) is 21.2 Å². The van der Waals surface area contributed by atoms with Crippen LogP contribution in [-0.2, 0) is 29.4 Å². The van der Waals surface area contributed by atoms with E-state index in [9.17, 15) is 21.6 Å². The summed E-state index contributed by atoms with van der Waals surface area (Å²) in [6.07, 6.45) is 2.79. The third-order valence-corrected chi connectivity index (χ3v) is 8.47. The van der Waals surface area contributed by atoms with Crippen molar-refractivity contribution in [2.24, 2.45) is 0 Å². The van der Waals surface area contributed by atoms with Gasteiger partial charge in [0.2, 0.25) is 15.9 Å². The first kappa shape index (κ1) is 23.1. The molecule has 3 rings (SSSR count). The van der Waals surface area contributed by atoms with Gasteiger partial charge in [0.05, 0.1) is 34.4 Å². The zero-order valence-electron chi connectivity index (χ0n) is 17.0. The minimum atomic E-state index is -3.58. The molecule has 2 aromatic carbocycles. The fourth-order valence-corrected chi connectivity index (χ4v) is 5.49. The molecule has 1 amide bonds. The molecule has 0 aromatic heterocycles. The van der Waals surface area contributed by atoms with E-state index in [0.29, 0.717) is 31.9 Å². The number of amides is 1. The number of anilines is 1. The summed E-state index contributed by atoms with van der Waals surface area (Å²) in [5.74, 6) is -0.570. The number of nitrogens with one attached hydrogen (secondary N) is 1. The average molecular weight is 465 g/mol. The monoisotopic (exact) mass is 464 g/mol. The highest BCUT2D eigenvalue weighted by atomic mass is 32.2. The van der Waals surface area contributed by atoms with Gasteiger partial charge >= 0.3 is 0 Å². The van der Waals surface area contributed by atoms with Gasteiger partial charge in [-0.1, -0.05) is 31.2 Å². The van der Waals surface area contributed by atoms with E-state index >= 15 is 0 Å². The molecule has 31 heavy (non-hydrogen) atoms. The smallest absolute Gasteiger partial charge is 0.248 e. The van der Waals surface area contributed by atoms with Gasteiger partial charge in [-0.25, -0.2) is 16.8 Å².